The molecule has 0 bridgehead atoms. The first kappa shape index (κ1) is 33.4. The van der Waals surface area contributed by atoms with Gasteiger partial charge in [0, 0.05) is 11.2 Å². The van der Waals surface area contributed by atoms with Gasteiger partial charge in [-0.05, 0) is 0 Å². The summed E-state index contributed by atoms with van der Waals surface area (Å²) in [5.41, 5.74) is 0. The topological polar surface area (TPSA) is 264 Å². The summed E-state index contributed by atoms with van der Waals surface area (Å²) >= 11 is -1.76. The SMILES string of the molecule is O=S(O)(O)=S.O=S(O)O.O=S(O)O.O=S(O)S(=O)(=O)O.S. The minimum absolute atomic E-state index is 0. The third-order valence-corrected chi connectivity index (χ3v) is 1.62. The fourth-order valence-corrected chi connectivity index (χ4v) is 0. The monoisotopic (exact) mass is 458 g/mol. The molecule has 1 atom stereocenters. The van der Waals surface area contributed by atoms with Crippen LogP contribution in [0.15, 0.2) is 0 Å². The van der Waals surface area contributed by atoms with Gasteiger partial charge in [0.25, 0.3) is 31.8 Å². The maximum atomic E-state index is 9.34. The molecule has 136 valence electrons. The minimum atomic E-state index is -4.71. The molecule has 21 heteroatoms. The lowest BCUT2D eigenvalue weighted by atomic mass is 15.8. The van der Waals surface area contributed by atoms with Crippen molar-refractivity contribution in [2.24, 2.45) is 0 Å². The molecule has 8 N–H and O–H groups in total. The highest BCUT2D eigenvalue weighted by molar-refractivity contribution is 8.59. The highest BCUT2D eigenvalue weighted by Crippen LogP contribution is 1.83. The van der Waals surface area contributed by atoms with E-state index in [1.54, 1.807) is 0 Å². The van der Waals surface area contributed by atoms with Crippen LogP contribution in [-0.2, 0) is 62.2 Å². The minimum Gasteiger partial charge on any atom is -0.292 e. The zero-order valence-electron chi connectivity index (χ0n) is 8.98. The van der Waals surface area contributed by atoms with Gasteiger partial charge in [-0.3, -0.25) is 36.4 Å². The first-order valence-electron chi connectivity index (χ1n) is 2.79. The van der Waals surface area contributed by atoms with Crippen LogP contribution >= 0.6 is 13.5 Å². The molecule has 0 saturated carbocycles. The predicted octanol–water partition coefficient (Wildman–Crippen LogP) is -1.84. The van der Waals surface area contributed by atoms with Crippen molar-refractivity contribution in [2.75, 3.05) is 0 Å². The number of hydrogen-bond acceptors (Lipinski definition) is 7. The Morgan fingerprint density at radius 1 is 0.714 bits per heavy atom. The summed E-state index contributed by atoms with van der Waals surface area (Å²) in [5, 5.41) is 0. The summed E-state index contributed by atoms with van der Waals surface area (Å²) in [6, 6.07) is 0. The highest BCUT2D eigenvalue weighted by atomic mass is 33.2. The predicted molar refractivity (Wildman–Crippen MR) is 80.3 cm³/mol. The zero-order valence-corrected chi connectivity index (χ0v) is 14.9. The molecule has 0 fully saturated rings. The summed E-state index contributed by atoms with van der Waals surface area (Å²) in [5.74, 6) is 0. The van der Waals surface area contributed by atoms with Crippen molar-refractivity contribution in [1.29, 1.82) is 0 Å². The summed E-state index contributed by atoms with van der Waals surface area (Å²) in [6.07, 6.45) is 0. The lowest BCUT2D eigenvalue weighted by Crippen LogP contribution is -2.03. The van der Waals surface area contributed by atoms with Crippen molar-refractivity contribution in [2.45, 2.75) is 0 Å². The van der Waals surface area contributed by atoms with E-state index in [0.29, 0.717) is 0 Å². The second kappa shape index (κ2) is 17.2. The lowest BCUT2D eigenvalue weighted by Gasteiger charge is -1.80. The van der Waals surface area contributed by atoms with E-state index in [4.69, 9.17) is 49.0 Å². The maximum absolute atomic E-state index is 9.34. The van der Waals surface area contributed by atoms with E-state index in [2.05, 4.69) is 11.2 Å². The Morgan fingerprint density at radius 2 is 0.762 bits per heavy atom. The van der Waals surface area contributed by atoms with Gasteiger partial charge in [-0.1, -0.05) is 0 Å². The van der Waals surface area contributed by atoms with Crippen LogP contribution in [0.2, 0.25) is 0 Å². The van der Waals surface area contributed by atoms with Gasteiger partial charge in [-0.15, -0.1) is 0 Å². The van der Waals surface area contributed by atoms with Gasteiger partial charge < -0.3 is 0 Å². The van der Waals surface area contributed by atoms with Crippen LogP contribution in [0.3, 0.4) is 0 Å². The molecule has 0 aliphatic rings. The van der Waals surface area contributed by atoms with Crippen LogP contribution in [0.5, 0.6) is 0 Å². The lowest BCUT2D eigenvalue weighted by molar-refractivity contribution is 0.449. The van der Waals surface area contributed by atoms with Gasteiger partial charge in [0.05, 0.1) is 0 Å². The molecule has 0 rings (SSSR count). The van der Waals surface area contributed by atoms with Crippen LogP contribution in [0.1, 0.15) is 0 Å². The van der Waals surface area contributed by atoms with Gasteiger partial charge in [-0.25, -0.2) is 4.21 Å². The van der Waals surface area contributed by atoms with Crippen molar-refractivity contribution in [1.82, 2.24) is 0 Å². The molecule has 0 amide bonds. The van der Waals surface area contributed by atoms with Crippen LogP contribution in [0.4, 0.5) is 0 Å². The van der Waals surface area contributed by atoms with E-state index in [0.717, 1.165) is 0 Å². The normalized spacial score (nSPS) is 11.5. The van der Waals surface area contributed by atoms with Crippen LogP contribution in [-0.4, -0.2) is 61.7 Å². The van der Waals surface area contributed by atoms with E-state index < -0.39 is 51.0 Å². The molecule has 0 spiro atoms. The summed E-state index contributed by atoms with van der Waals surface area (Å²) in [4.78, 5) is 0. The van der Waals surface area contributed by atoms with E-state index in [1.165, 1.54) is 0 Å². The standard InChI is InChI=1S/H2O5S2.H2O3S2.2H2O3S.H2S/c1-6(2)7(3,4)5;1-5(2,3)4;2*1-4(2)3;/h(H,1,2)(H,3,4,5);(H2,1,2,3,4);2*(H2,1,2,3);1H2. The molecule has 0 aromatic rings. The first-order chi connectivity index (χ1) is 8.41. The molecule has 0 aromatic heterocycles. The Bertz CT molecular complexity index is 463. The van der Waals surface area contributed by atoms with Crippen molar-refractivity contribution < 1.29 is 61.7 Å². The molecule has 0 aliphatic heterocycles. The highest BCUT2D eigenvalue weighted by Gasteiger charge is 2.10. The first-order valence-corrected chi connectivity index (χ1v) is 10.4. The second-order valence-corrected chi connectivity index (χ2v) is 8.08. The van der Waals surface area contributed by atoms with E-state index in [9.17, 15) is 12.6 Å². The van der Waals surface area contributed by atoms with Crippen LogP contribution in [0.25, 0.3) is 0 Å². The average molecular weight is 459 g/mol. The summed E-state index contributed by atoms with van der Waals surface area (Å²) in [6.45, 7) is 0. The van der Waals surface area contributed by atoms with Gasteiger partial charge >= 0.3 is 19.3 Å². The number of hydrogen-bond donors (Lipinski definition) is 8. The zero-order chi connectivity index (χ0) is 17.7. The molecule has 0 heterocycles. The number of rotatable bonds is 1. The van der Waals surface area contributed by atoms with Crippen LogP contribution < -0.4 is 0 Å². The second-order valence-electron chi connectivity index (χ2n) is 1.55. The quantitative estimate of drug-likeness (QED) is 0.122. The van der Waals surface area contributed by atoms with Crippen molar-refractivity contribution in [3.63, 3.8) is 0 Å². The van der Waals surface area contributed by atoms with E-state index >= 15 is 0 Å². The van der Waals surface area contributed by atoms with E-state index in [1.807, 2.05) is 0 Å². The molecule has 21 heavy (non-hydrogen) atoms. The molecule has 0 aromatic carbocycles. The van der Waals surface area contributed by atoms with Crippen molar-refractivity contribution in [3.8, 4) is 0 Å². The third kappa shape index (κ3) is 159. The van der Waals surface area contributed by atoms with Gasteiger partial charge in [0.2, 0.25) is 0 Å². The van der Waals surface area contributed by atoms with Gasteiger partial charge in [-0.2, -0.15) is 34.5 Å². The Balaban J connectivity index is -0.0000000550. The van der Waals surface area contributed by atoms with Crippen molar-refractivity contribution >= 4 is 75.7 Å². The molecule has 1 unspecified atom stereocenters. The average Bonchev–Trinajstić information content (AvgIpc) is 1.94. The van der Waals surface area contributed by atoms with Gasteiger partial charge in [0.15, 0.2) is 0 Å². The molecule has 0 radical (unpaired) electrons. The van der Waals surface area contributed by atoms with E-state index in [-0.39, 0.29) is 13.5 Å². The summed E-state index contributed by atoms with van der Waals surface area (Å²) < 4.78 is 113. The van der Waals surface area contributed by atoms with Gasteiger partial charge in [0.1, 0.15) is 0 Å². The fourth-order valence-electron chi connectivity index (χ4n) is 0. The largest absolute Gasteiger partial charge is 0.373 e. The molecule has 0 saturated heterocycles. The van der Waals surface area contributed by atoms with Crippen LogP contribution in [0, 0.1) is 0 Å². The van der Waals surface area contributed by atoms with Crippen molar-refractivity contribution in [3.05, 3.63) is 0 Å². The maximum Gasteiger partial charge on any atom is 0.373 e. The Kier molecular flexibility index (Phi) is 27.3. The molecular formula is H10O14S7. The summed E-state index contributed by atoms with van der Waals surface area (Å²) in [7, 11) is -11.7. The Morgan fingerprint density at radius 3 is 0.762 bits per heavy atom. The fraction of sp³-hybridized carbons (Fsp3) is 0. The Labute approximate surface area is 137 Å². The molecular weight excluding hydrogens is 448 g/mol. The third-order valence-electron chi connectivity index (χ3n) is 0.180. The molecule has 0 aliphatic carbocycles. The Hall–Kier alpha value is 0.800. The molecule has 14 nitrogen and oxygen atoms in total. The smallest absolute Gasteiger partial charge is 0.292 e.